The molecular weight excluding hydrogens is 339 g/mol. The van der Waals surface area contributed by atoms with Crippen LogP contribution in [0.3, 0.4) is 0 Å². The van der Waals surface area contributed by atoms with E-state index in [0.29, 0.717) is 0 Å². The van der Waals surface area contributed by atoms with Gasteiger partial charge in [-0.05, 0) is 0 Å². The van der Waals surface area contributed by atoms with Gasteiger partial charge in [0, 0.05) is 0 Å². The summed E-state index contributed by atoms with van der Waals surface area (Å²) in [5.41, 5.74) is 8.67. The van der Waals surface area contributed by atoms with Crippen molar-refractivity contribution in [1.29, 1.82) is 0 Å². The first kappa shape index (κ1) is 13.3. The van der Waals surface area contributed by atoms with Gasteiger partial charge in [0.2, 0.25) is 0 Å². The minimum Gasteiger partial charge on any atom is -0.192 e. The molecule has 0 saturated carbocycles. The van der Waals surface area contributed by atoms with Gasteiger partial charge in [-0.15, -0.1) is 0 Å². The van der Waals surface area contributed by atoms with E-state index in [1.54, 1.807) is 45.3 Å². The van der Waals surface area contributed by atoms with Crippen molar-refractivity contribution in [3.63, 3.8) is 0 Å². The minimum absolute atomic E-state index is 1.35. The first-order valence-electron chi connectivity index (χ1n) is 6.32. The lowest BCUT2D eigenvalue weighted by molar-refractivity contribution is -0.918. The number of rotatable bonds is 4. The van der Waals surface area contributed by atoms with E-state index in [4.69, 9.17) is 0 Å². The van der Waals surface area contributed by atoms with Crippen LogP contribution in [0.1, 0.15) is 0 Å². The standard InChI is InChI=1S/C12H12BN4S4/c1-5-18-9-14(1)13(15-2-6-19-10-15,16-3-7-20-11-16)17-4-8-21-12-17/h1-12H/q+3. The zero-order valence-electron chi connectivity index (χ0n) is 10.9. The highest BCUT2D eigenvalue weighted by Gasteiger charge is 2.77. The normalized spacial score (nSPS) is 11.8. The van der Waals surface area contributed by atoms with E-state index < -0.39 is 6.69 Å². The average Bonchev–Trinajstić information content (AvgIpc) is 3.32. The number of hydrogen-bond donors (Lipinski definition) is 0. The van der Waals surface area contributed by atoms with E-state index in [-0.39, 0.29) is 0 Å². The Morgan fingerprint density at radius 2 is 0.762 bits per heavy atom. The minimum atomic E-state index is -1.35. The molecule has 0 aromatic carbocycles. The quantitative estimate of drug-likeness (QED) is 0.488. The number of hydrogen-bond acceptors (Lipinski definition) is 4. The lowest BCUT2D eigenvalue weighted by Gasteiger charge is -2.10. The molecule has 4 aromatic heterocycles. The summed E-state index contributed by atoms with van der Waals surface area (Å²) in [7, 11) is 0. The van der Waals surface area contributed by atoms with Crippen LogP contribution in [-0.4, -0.2) is 6.69 Å². The molecule has 104 valence electrons. The van der Waals surface area contributed by atoms with Gasteiger partial charge in [-0.2, -0.15) is 17.9 Å². The van der Waals surface area contributed by atoms with Crippen molar-refractivity contribution in [2.45, 2.75) is 0 Å². The Morgan fingerprint density at radius 1 is 0.476 bits per heavy atom. The van der Waals surface area contributed by atoms with Gasteiger partial charge >= 0.3 is 6.69 Å². The van der Waals surface area contributed by atoms with Crippen molar-refractivity contribution >= 4 is 52.0 Å². The smallest absolute Gasteiger partial charge is 0.192 e. The summed E-state index contributed by atoms with van der Waals surface area (Å²) in [4.78, 5) is 0. The van der Waals surface area contributed by atoms with E-state index >= 15 is 0 Å². The Labute approximate surface area is 138 Å². The van der Waals surface area contributed by atoms with Crippen LogP contribution in [0, 0.1) is 0 Å². The summed E-state index contributed by atoms with van der Waals surface area (Å²) in [6, 6.07) is 0. The third-order valence-electron chi connectivity index (χ3n) is 3.58. The van der Waals surface area contributed by atoms with Gasteiger partial charge in [0.15, 0.2) is 22.0 Å². The molecule has 9 heteroatoms. The van der Waals surface area contributed by atoms with Gasteiger partial charge in [0.1, 0.15) is 24.8 Å². The Hall–Kier alpha value is -1.42. The molecule has 4 heterocycles. The van der Waals surface area contributed by atoms with E-state index in [1.807, 2.05) is 0 Å². The van der Waals surface area contributed by atoms with Crippen molar-refractivity contribution in [1.82, 2.24) is 0 Å². The third-order valence-corrected chi connectivity index (χ3v) is 6.15. The summed E-state index contributed by atoms with van der Waals surface area (Å²) in [5.74, 6) is 0. The van der Waals surface area contributed by atoms with E-state index in [9.17, 15) is 0 Å². The monoisotopic (exact) mass is 351 g/mol. The van der Waals surface area contributed by atoms with Gasteiger partial charge in [-0.1, -0.05) is 45.3 Å². The third kappa shape index (κ3) is 2.00. The summed E-state index contributed by atoms with van der Waals surface area (Å²) in [6.07, 6.45) is 8.57. The highest BCUT2D eigenvalue weighted by Crippen LogP contribution is 2.00. The van der Waals surface area contributed by atoms with Crippen LogP contribution >= 0.6 is 45.3 Å². The maximum Gasteiger partial charge on any atom is 1.08 e. The van der Waals surface area contributed by atoms with E-state index in [1.165, 1.54) is 0 Å². The maximum absolute atomic E-state index is 2.29. The van der Waals surface area contributed by atoms with Gasteiger partial charge in [-0.3, -0.25) is 0 Å². The van der Waals surface area contributed by atoms with Crippen molar-refractivity contribution in [3.05, 3.63) is 68.3 Å². The van der Waals surface area contributed by atoms with Crippen molar-refractivity contribution in [2.75, 3.05) is 0 Å². The average molecular weight is 351 g/mol. The number of nitrogens with zero attached hydrogens (tertiary/aromatic N) is 4. The SMILES string of the molecule is c1c[n+]([B-]([n+]2ccsc2)([n+]2ccsc2)[n+]2ccsc2)cs1. The molecule has 4 aromatic rings. The fourth-order valence-electron chi connectivity index (χ4n) is 2.70. The van der Waals surface area contributed by atoms with Crippen LogP contribution in [0.2, 0.25) is 0 Å². The zero-order valence-corrected chi connectivity index (χ0v) is 14.2. The molecule has 0 fully saturated rings. The first-order chi connectivity index (χ1) is 10.4. The Bertz CT molecular complexity index is 651. The second-order valence-corrected chi connectivity index (χ2v) is 7.61. The summed E-state index contributed by atoms with van der Waals surface area (Å²) < 4.78 is 9.15. The van der Waals surface area contributed by atoms with Crippen LogP contribution in [0.15, 0.2) is 68.3 Å². The summed E-state index contributed by atoms with van der Waals surface area (Å²) >= 11 is 6.83. The van der Waals surface area contributed by atoms with Gasteiger partial charge in [0.05, 0.1) is 21.5 Å². The Kier molecular flexibility index (Phi) is 3.42. The lowest BCUT2D eigenvalue weighted by Crippen LogP contribution is -3.05. The second-order valence-electron chi connectivity index (χ2n) is 4.59. The predicted molar refractivity (Wildman–Crippen MR) is 85.4 cm³/mol. The molecule has 0 aliphatic heterocycles. The molecule has 0 amide bonds. The molecule has 0 saturated heterocycles. The van der Waals surface area contributed by atoms with Crippen LogP contribution < -0.4 is 17.9 Å². The molecule has 0 aliphatic rings. The van der Waals surface area contributed by atoms with Crippen molar-refractivity contribution in [3.8, 4) is 0 Å². The highest BCUT2D eigenvalue weighted by molar-refractivity contribution is 7.08. The molecule has 0 unspecified atom stereocenters. The van der Waals surface area contributed by atoms with Crippen LogP contribution in [-0.2, 0) is 0 Å². The van der Waals surface area contributed by atoms with Gasteiger partial charge < -0.3 is 0 Å². The molecule has 0 bridgehead atoms. The molecule has 0 radical (unpaired) electrons. The summed E-state index contributed by atoms with van der Waals surface area (Å²) in [6.45, 7) is -1.35. The Morgan fingerprint density at radius 3 is 0.952 bits per heavy atom. The molecule has 0 N–H and O–H groups in total. The molecule has 4 nitrogen and oxygen atoms in total. The van der Waals surface area contributed by atoms with E-state index in [0.717, 1.165) is 0 Å². The number of aromatic nitrogens is 4. The second kappa shape index (κ2) is 5.41. The predicted octanol–water partition coefficient (Wildman–Crippen LogP) is 1.01. The molecule has 4 rings (SSSR count). The van der Waals surface area contributed by atoms with Crippen LogP contribution in [0.25, 0.3) is 0 Å². The Balaban J connectivity index is 2.10. The highest BCUT2D eigenvalue weighted by atomic mass is 32.1. The molecule has 0 atom stereocenters. The van der Waals surface area contributed by atoms with Crippen molar-refractivity contribution in [2.24, 2.45) is 0 Å². The van der Waals surface area contributed by atoms with Crippen LogP contribution in [0.5, 0.6) is 0 Å². The topological polar surface area (TPSA) is 15.5 Å². The largest absolute Gasteiger partial charge is 1.08 e. The molecule has 0 aliphatic carbocycles. The van der Waals surface area contributed by atoms with E-state index in [2.05, 4.69) is 86.3 Å². The zero-order chi connectivity index (χ0) is 14.1. The fraction of sp³-hybridized carbons (Fsp3) is 0. The maximum atomic E-state index is 2.29. The van der Waals surface area contributed by atoms with Crippen LogP contribution in [0.4, 0.5) is 0 Å². The van der Waals surface area contributed by atoms with Crippen molar-refractivity contribution < 1.29 is 17.9 Å². The summed E-state index contributed by atoms with van der Waals surface area (Å²) in [5, 5.41) is 8.46. The molecule has 0 spiro atoms. The molecular formula is C12H12BN4S4+3. The van der Waals surface area contributed by atoms with Gasteiger partial charge in [0.25, 0.3) is 0 Å². The lowest BCUT2D eigenvalue weighted by atomic mass is 9.72. The first-order valence-corrected chi connectivity index (χ1v) is 10.1. The molecule has 21 heavy (non-hydrogen) atoms. The van der Waals surface area contributed by atoms with Gasteiger partial charge in [-0.25, -0.2) is 0 Å². The fourth-order valence-corrected chi connectivity index (χ4v) is 5.32. The number of thiazole rings is 4.